The van der Waals surface area contributed by atoms with E-state index in [0.717, 1.165) is 41.1 Å². The maximum Gasteiger partial charge on any atom is 0.303 e. The number of quaternary nitrogens is 1. The summed E-state index contributed by atoms with van der Waals surface area (Å²) < 4.78 is 11.5. The Labute approximate surface area is 126 Å². The average molecular weight is 296 g/mol. The van der Waals surface area contributed by atoms with Gasteiger partial charge in [-0.15, -0.1) is 0 Å². The molecular weight excluding hydrogens is 270 g/mol. The quantitative estimate of drug-likeness (QED) is 0.710. The Hall–Kier alpha value is -1.75. The SMILES string of the molecule is COc1cccc(CC[N+](C)(C)CCCC(=O)O)c1OC. The van der Waals surface area contributed by atoms with Gasteiger partial charge in [0.25, 0.3) is 0 Å². The molecule has 1 rings (SSSR count). The van der Waals surface area contributed by atoms with E-state index in [1.165, 1.54) is 0 Å². The molecule has 0 heterocycles. The lowest BCUT2D eigenvalue weighted by molar-refractivity contribution is -0.890. The van der Waals surface area contributed by atoms with Gasteiger partial charge in [-0.3, -0.25) is 4.79 Å². The Morgan fingerprint density at radius 1 is 1.19 bits per heavy atom. The van der Waals surface area contributed by atoms with Gasteiger partial charge in [-0.1, -0.05) is 12.1 Å². The van der Waals surface area contributed by atoms with E-state index in [-0.39, 0.29) is 6.42 Å². The van der Waals surface area contributed by atoms with Gasteiger partial charge in [0.1, 0.15) is 0 Å². The third kappa shape index (κ3) is 5.63. The van der Waals surface area contributed by atoms with Gasteiger partial charge in [0.2, 0.25) is 0 Å². The fourth-order valence-electron chi connectivity index (χ4n) is 2.34. The summed E-state index contributed by atoms with van der Waals surface area (Å²) in [4.78, 5) is 10.6. The van der Waals surface area contributed by atoms with Crippen LogP contribution in [0.25, 0.3) is 0 Å². The summed E-state index contributed by atoms with van der Waals surface area (Å²) in [5.41, 5.74) is 1.11. The van der Waals surface area contributed by atoms with Crippen molar-refractivity contribution in [2.24, 2.45) is 0 Å². The lowest BCUT2D eigenvalue weighted by atomic mass is 10.1. The molecule has 0 aliphatic carbocycles. The summed E-state index contributed by atoms with van der Waals surface area (Å²) in [6.07, 6.45) is 1.78. The predicted octanol–water partition coefficient (Wildman–Crippen LogP) is 2.19. The minimum absolute atomic E-state index is 0.226. The number of hydrogen-bond acceptors (Lipinski definition) is 3. The van der Waals surface area contributed by atoms with Crippen molar-refractivity contribution in [3.8, 4) is 11.5 Å². The summed E-state index contributed by atoms with van der Waals surface area (Å²) >= 11 is 0. The molecule has 0 aromatic heterocycles. The molecule has 118 valence electrons. The number of likely N-dealkylation sites (N-methyl/N-ethyl adjacent to an activating group) is 1. The first kappa shape index (κ1) is 17.3. The van der Waals surface area contributed by atoms with E-state index >= 15 is 0 Å². The van der Waals surface area contributed by atoms with Gasteiger partial charge in [-0.2, -0.15) is 0 Å². The Morgan fingerprint density at radius 2 is 1.90 bits per heavy atom. The fourth-order valence-corrected chi connectivity index (χ4v) is 2.34. The normalized spacial score (nSPS) is 11.2. The molecule has 5 heteroatoms. The molecule has 1 aromatic carbocycles. The van der Waals surface area contributed by atoms with Crippen molar-refractivity contribution in [1.82, 2.24) is 0 Å². The highest BCUT2D eigenvalue weighted by atomic mass is 16.5. The van der Waals surface area contributed by atoms with Crippen LogP contribution in [0.4, 0.5) is 0 Å². The molecule has 0 amide bonds. The Bertz CT molecular complexity index is 471. The maximum atomic E-state index is 10.6. The van der Waals surface area contributed by atoms with E-state index in [1.807, 2.05) is 18.2 Å². The number of hydrogen-bond donors (Lipinski definition) is 1. The van der Waals surface area contributed by atoms with Crippen molar-refractivity contribution in [3.63, 3.8) is 0 Å². The lowest BCUT2D eigenvalue weighted by Gasteiger charge is -2.30. The van der Waals surface area contributed by atoms with Gasteiger partial charge in [0.15, 0.2) is 11.5 Å². The standard InChI is InChI=1S/C16H25NO4/c1-17(2,11-6-9-15(18)19)12-10-13-7-5-8-14(20-3)16(13)21-4/h5,7-8H,6,9-12H2,1-4H3/p+1. The highest BCUT2D eigenvalue weighted by Crippen LogP contribution is 2.31. The van der Waals surface area contributed by atoms with Crippen molar-refractivity contribution in [1.29, 1.82) is 0 Å². The van der Waals surface area contributed by atoms with Crippen molar-refractivity contribution < 1.29 is 23.9 Å². The molecule has 0 saturated carbocycles. The smallest absolute Gasteiger partial charge is 0.303 e. The van der Waals surface area contributed by atoms with Gasteiger partial charge in [0, 0.05) is 18.4 Å². The second kappa shape index (κ2) is 7.88. The van der Waals surface area contributed by atoms with E-state index in [0.29, 0.717) is 6.42 Å². The van der Waals surface area contributed by atoms with Crippen LogP contribution >= 0.6 is 0 Å². The third-order valence-electron chi connectivity index (χ3n) is 3.63. The number of para-hydroxylation sites is 1. The van der Waals surface area contributed by atoms with Crippen LogP contribution in [-0.2, 0) is 11.2 Å². The van der Waals surface area contributed by atoms with Crippen molar-refractivity contribution in [2.75, 3.05) is 41.4 Å². The number of benzene rings is 1. The Balaban J connectivity index is 2.63. The minimum Gasteiger partial charge on any atom is -0.493 e. The largest absolute Gasteiger partial charge is 0.493 e. The van der Waals surface area contributed by atoms with Crippen LogP contribution in [0.1, 0.15) is 18.4 Å². The van der Waals surface area contributed by atoms with E-state index in [4.69, 9.17) is 14.6 Å². The molecular formula is C16H26NO4+. The number of carboxylic acids is 1. The van der Waals surface area contributed by atoms with Crippen LogP contribution < -0.4 is 9.47 Å². The molecule has 0 atom stereocenters. The molecule has 0 aliphatic heterocycles. The molecule has 0 fully saturated rings. The first-order chi connectivity index (χ1) is 9.89. The highest BCUT2D eigenvalue weighted by Gasteiger charge is 2.18. The number of aliphatic carboxylic acids is 1. The van der Waals surface area contributed by atoms with Crippen LogP contribution in [0.3, 0.4) is 0 Å². The average Bonchev–Trinajstić information content (AvgIpc) is 2.43. The highest BCUT2D eigenvalue weighted by molar-refractivity contribution is 5.66. The number of nitrogens with zero attached hydrogens (tertiary/aromatic N) is 1. The molecule has 0 aliphatic rings. The van der Waals surface area contributed by atoms with Crippen LogP contribution in [0.2, 0.25) is 0 Å². The topological polar surface area (TPSA) is 55.8 Å². The minimum atomic E-state index is -0.732. The van der Waals surface area contributed by atoms with E-state index in [2.05, 4.69) is 14.1 Å². The zero-order valence-electron chi connectivity index (χ0n) is 13.4. The first-order valence-electron chi connectivity index (χ1n) is 7.13. The van der Waals surface area contributed by atoms with Gasteiger partial charge in [-0.25, -0.2) is 0 Å². The number of carboxylic acid groups (broad SMARTS) is 1. The molecule has 0 spiro atoms. The summed E-state index contributed by atoms with van der Waals surface area (Å²) in [6, 6.07) is 5.88. The molecule has 21 heavy (non-hydrogen) atoms. The summed E-state index contributed by atoms with van der Waals surface area (Å²) in [7, 11) is 7.52. The van der Waals surface area contributed by atoms with Crippen molar-refractivity contribution >= 4 is 5.97 Å². The monoisotopic (exact) mass is 296 g/mol. The van der Waals surface area contributed by atoms with Gasteiger partial charge < -0.3 is 19.1 Å². The Kier molecular flexibility index (Phi) is 6.49. The molecule has 5 nitrogen and oxygen atoms in total. The summed E-state index contributed by atoms with van der Waals surface area (Å²) in [5, 5.41) is 8.71. The van der Waals surface area contributed by atoms with Crippen molar-refractivity contribution in [2.45, 2.75) is 19.3 Å². The van der Waals surface area contributed by atoms with Gasteiger partial charge >= 0.3 is 5.97 Å². The van der Waals surface area contributed by atoms with E-state index < -0.39 is 5.97 Å². The second-order valence-corrected chi connectivity index (χ2v) is 5.78. The second-order valence-electron chi connectivity index (χ2n) is 5.78. The summed E-state index contributed by atoms with van der Waals surface area (Å²) in [5.74, 6) is 0.793. The molecule has 0 unspecified atom stereocenters. The van der Waals surface area contributed by atoms with Crippen LogP contribution in [-0.4, -0.2) is 57.0 Å². The molecule has 0 saturated heterocycles. The zero-order valence-corrected chi connectivity index (χ0v) is 13.4. The molecule has 0 radical (unpaired) electrons. The number of ether oxygens (including phenoxy) is 2. The number of methoxy groups -OCH3 is 2. The summed E-state index contributed by atoms with van der Waals surface area (Å²) in [6.45, 7) is 1.77. The van der Waals surface area contributed by atoms with Crippen molar-refractivity contribution in [3.05, 3.63) is 23.8 Å². The molecule has 0 bridgehead atoms. The van der Waals surface area contributed by atoms with E-state index in [9.17, 15) is 4.79 Å². The zero-order chi connectivity index (χ0) is 15.9. The van der Waals surface area contributed by atoms with Gasteiger partial charge in [-0.05, 0) is 6.07 Å². The predicted molar refractivity (Wildman–Crippen MR) is 82.0 cm³/mol. The van der Waals surface area contributed by atoms with Crippen LogP contribution in [0, 0.1) is 0 Å². The number of carbonyl (C=O) groups is 1. The molecule has 1 aromatic rings. The maximum absolute atomic E-state index is 10.6. The number of rotatable bonds is 9. The van der Waals surface area contributed by atoms with E-state index in [1.54, 1.807) is 14.2 Å². The van der Waals surface area contributed by atoms with Gasteiger partial charge in [0.05, 0.1) is 47.8 Å². The Morgan fingerprint density at radius 3 is 2.48 bits per heavy atom. The lowest BCUT2D eigenvalue weighted by Crippen LogP contribution is -2.42. The van der Waals surface area contributed by atoms with Crippen LogP contribution in [0.5, 0.6) is 11.5 Å². The third-order valence-corrected chi connectivity index (χ3v) is 3.63. The fraction of sp³-hybridized carbons (Fsp3) is 0.562. The first-order valence-corrected chi connectivity index (χ1v) is 7.13. The molecule has 1 N–H and O–H groups in total. The van der Waals surface area contributed by atoms with Crippen LogP contribution in [0.15, 0.2) is 18.2 Å².